The van der Waals surface area contributed by atoms with Gasteiger partial charge in [-0.2, -0.15) is 0 Å². The lowest BCUT2D eigenvalue weighted by molar-refractivity contribution is -0.141. The zero-order valence-corrected chi connectivity index (χ0v) is 8.90. The molecule has 84 valence electrons. The molecule has 0 aliphatic rings. The molecule has 0 unspecified atom stereocenters. The molecule has 2 atom stereocenters. The number of unbranched alkanes of at least 4 members (excludes halogenated alkanes) is 1. The summed E-state index contributed by atoms with van der Waals surface area (Å²) in [5.74, 6) is -0.269. The van der Waals surface area contributed by atoms with E-state index in [1.807, 2.05) is 0 Å². The van der Waals surface area contributed by atoms with Crippen molar-refractivity contribution in [3.63, 3.8) is 0 Å². The van der Waals surface area contributed by atoms with Gasteiger partial charge in [-0.1, -0.05) is 0 Å². The first-order chi connectivity index (χ1) is 6.52. The monoisotopic (exact) mass is 204 g/mol. The van der Waals surface area contributed by atoms with Gasteiger partial charge < -0.3 is 14.9 Å². The van der Waals surface area contributed by atoms with Crippen LogP contribution >= 0.6 is 0 Å². The van der Waals surface area contributed by atoms with Crippen molar-refractivity contribution in [3.05, 3.63) is 0 Å². The topological polar surface area (TPSA) is 66.8 Å². The van der Waals surface area contributed by atoms with Gasteiger partial charge in [0.15, 0.2) is 0 Å². The molecule has 0 saturated heterocycles. The van der Waals surface area contributed by atoms with Crippen LogP contribution in [-0.4, -0.2) is 35.0 Å². The minimum Gasteiger partial charge on any atom is -0.466 e. The van der Waals surface area contributed by atoms with Crippen LogP contribution in [0.1, 0.15) is 39.5 Å². The van der Waals surface area contributed by atoms with Crippen LogP contribution in [0, 0.1) is 0 Å². The summed E-state index contributed by atoms with van der Waals surface area (Å²) in [6, 6.07) is 0. The highest BCUT2D eigenvalue weighted by molar-refractivity contribution is 5.65. The Labute approximate surface area is 84.9 Å². The summed E-state index contributed by atoms with van der Waals surface area (Å²) in [6.07, 6.45) is 1.71. The maximum Gasteiger partial charge on any atom is 0.302 e. The van der Waals surface area contributed by atoms with E-state index in [1.54, 1.807) is 6.92 Å². The number of aliphatic hydroxyl groups excluding tert-OH is 2. The molecular formula is C10H20O4. The van der Waals surface area contributed by atoms with Crippen LogP contribution in [0.5, 0.6) is 0 Å². The van der Waals surface area contributed by atoms with Gasteiger partial charge >= 0.3 is 5.97 Å². The van der Waals surface area contributed by atoms with Gasteiger partial charge in [0.05, 0.1) is 18.8 Å². The minimum atomic E-state index is -0.460. The van der Waals surface area contributed by atoms with E-state index in [9.17, 15) is 9.90 Å². The first kappa shape index (κ1) is 13.4. The van der Waals surface area contributed by atoms with Gasteiger partial charge in [-0.3, -0.25) is 4.79 Å². The van der Waals surface area contributed by atoms with Gasteiger partial charge in [0.25, 0.3) is 0 Å². The number of esters is 1. The Kier molecular flexibility index (Phi) is 7.42. The second-order valence-corrected chi connectivity index (χ2v) is 3.57. The quantitative estimate of drug-likeness (QED) is 0.476. The molecule has 0 aliphatic heterocycles. The van der Waals surface area contributed by atoms with Gasteiger partial charge in [0.2, 0.25) is 0 Å². The lowest BCUT2D eigenvalue weighted by Crippen LogP contribution is -2.14. The molecule has 0 rings (SSSR count). The van der Waals surface area contributed by atoms with Crippen LogP contribution in [0.3, 0.4) is 0 Å². The third-order valence-electron chi connectivity index (χ3n) is 1.85. The Bertz CT molecular complexity index is 156. The highest BCUT2D eigenvalue weighted by Gasteiger charge is 2.07. The lowest BCUT2D eigenvalue weighted by Gasteiger charge is -2.11. The van der Waals surface area contributed by atoms with Crippen LogP contribution in [0.25, 0.3) is 0 Å². The smallest absolute Gasteiger partial charge is 0.302 e. The van der Waals surface area contributed by atoms with Crippen LogP contribution in [0.2, 0.25) is 0 Å². The third kappa shape index (κ3) is 9.48. The van der Waals surface area contributed by atoms with Crippen molar-refractivity contribution < 1.29 is 19.7 Å². The second kappa shape index (κ2) is 7.76. The molecule has 0 saturated carbocycles. The van der Waals surface area contributed by atoms with E-state index >= 15 is 0 Å². The molecule has 0 radical (unpaired) electrons. The maximum absolute atomic E-state index is 10.4. The van der Waals surface area contributed by atoms with E-state index in [-0.39, 0.29) is 5.97 Å². The Balaban J connectivity index is 3.23. The van der Waals surface area contributed by atoms with Crippen molar-refractivity contribution in [2.45, 2.75) is 51.7 Å². The molecular weight excluding hydrogens is 184 g/mol. The predicted molar refractivity (Wildman–Crippen MR) is 52.8 cm³/mol. The Hall–Kier alpha value is -0.610. The van der Waals surface area contributed by atoms with Gasteiger partial charge in [0, 0.05) is 6.92 Å². The van der Waals surface area contributed by atoms with Gasteiger partial charge in [-0.05, 0) is 32.6 Å². The zero-order valence-electron chi connectivity index (χ0n) is 8.90. The molecule has 0 heterocycles. The highest BCUT2D eigenvalue weighted by Crippen LogP contribution is 2.06. The first-order valence-electron chi connectivity index (χ1n) is 5.02. The Morgan fingerprint density at radius 2 is 2.00 bits per heavy atom. The Morgan fingerprint density at radius 3 is 2.50 bits per heavy atom. The van der Waals surface area contributed by atoms with E-state index in [1.165, 1.54) is 6.92 Å². The number of carbonyl (C=O) groups excluding carboxylic acids is 1. The molecule has 0 bridgehead atoms. The normalized spacial score (nSPS) is 14.9. The van der Waals surface area contributed by atoms with Crippen LogP contribution in [0.15, 0.2) is 0 Å². The number of carbonyl (C=O) groups is 1. The summed E-state index contributed by atoms with van der Waals surface area (Å²) in [4.78, 5) is 10.4. The highest BCUT2D eigenvalue weighted by atomic mass is 16.5. The number of rotatable bonds is 7. The largest absolute Gasteiger partial charge is 0.466 e. The predicted octanol–water partition coefficient (Wildman–Crippen LogP) is 0.852. The zero-order chi connectivity index (χ0) is 11.0. The fourth-order valence-corrected chi connectivity index (χ4v) is 1.21. The molecule has 4 nitrogen and oxygen atoms in total. The molecule has 0 amide bonds. The van der Waals surface area contributed by atoms with Crippen molar-refractivity contribution in [2.24, 2.45) is 0 Å². The summed E-state index contributed by atoms with van der Waals surface area (Å²) < 4.78 is 4.73. The van der Waals surface area contributed by atoms with Crippen molar-refractivity contribution in [3.8, 4) is 0 Å². The fourth-order valence-electron chi connectivity index (χ4n) is 1.21. The van der Waals surface area contributed by atoms with E-state index in [0.29, 0.717) is 19.4 Å². The number of ether oxygens (including phenoxy) is 1. The second-order valence-electron chi connectivity index (χ2n) is 3.57. The van der Waals surface area contributed by atoms with Crippen molar-refractivity contribution in [1.82, 2.24) is 0 Å². The van der Waals surface area contributed by atoms with Gasteiger partial charge in [0.1, 0.15) is 0 Å². The standard InChI is InChI=1S/C10H20O4/c1-8(11)7-10(13)5-3-4-6-14-9(2)12/h8,10-11,13H,3-7H2,1-2H3/t8-,10+/m0/s1. The summed E-state index contributed by atoms with van der Waals surface area (Å²) in [6.45, 7) is 3.45. The van der Waals surface area contributed by atoms with Crippen LogP contribution in [0.4, 0.5) is 0 Å². The average molecular weight is 204 g/mol. The fraction of sp³-hybridized carbons (Fsp3) is 0.900. The van der Waals surface area contributed by atoms with Crippen molar-refractivity contribution in [1.29, 1.82) is 0 Å². The van der Waals surface area contributed by atoms with E-state index in [2.05, 4.69) is 0 Å². The number of hydrogen-bond acceptors (Lipinski definition) is 4. The maximum atomic E-state index is 10.4. The SMILES string of the molecule is CC(=O)OCCCC[C@@H](O)C[C@H](C)O. The molecule has 0 aromatic heterocycles. The van der Waals surface area contributed by atoms with Crippen molar-refractivity contribution in [2.75, 3.05) is 6.61 Å². The van der Waals surface area contributed by atoms with Crippen LogP contribution < -0.4 is 0 Å². The van der Waals surface area contributed by atoms with Gasteiger partial charge in [-0.25, -0.2) is 0 Å². The molecule has 0 spiro atoms. The first-order valence-corrected chi connectivity index (χ1v) is 5.02. The third-order valence-corrected chi connectivity index (χ3v) is 1.85. The minimum absolute atomic E-state index is 0.269. The molecule has 0 aromatic rings. The Morgan fingerprint density at radius 1 is 1.36 bits per heavy atom. The lowest BCUT2D eigenvalue weighted by atomic mass is 10.1. The number of hydrogen-bond donors (Lipinski definition) is 2. The summed E-state index contributed by atoms with van der Waals surface area (Å²) in [7, 11) is 0. The molecule has 14 heavy (non-hydrogen) atoms. The van der Waals surface area contributed by atoms with E-state index in [0.717, 1.165) is 12.8 Å². The van der Waals surface area contributed by atoms with E-state index in [4.69, 9.17) is 9.84 Å². The molecule has 0 fully saturated rings. The average Bonchev–Trinajstić information content (AvgIpc) is 2.01. The molecule has 0 aliphatic carbocycles. The van der Waals surface area contributed by atoms with Gasteiger partial charge in [-0.15, -0.1) is 0 Å². The molecule has 0 aromatic carbocycles. The summed E-state index contributed by atoms with van der Waals surface area (Å²) in [5, 5.41) is 18.3. The van der Waals surface area contributed by atoms with Crippen LogP contribution in [-0.2, 0) is 9.53 Å². The molecule has 2 N–H and O–H groups in total. The summed E-state index contributed by atoms with van der Waals surface area (Å²) in [5.41, 5.74) is 0. The number of aliphatic hydroxyl groups is 2. The molecule has 4 heteroatoms. The van der Waals surface area contributed by atoms with Crippen molar-refractivity contribution >= 4 is 5.97 Å². The summed E-state index contributed by atoms with van der Waals surface area (Å²) >= 11 is 0. The van der Waals surface area contributed by atoms with E-state index < -0.39 is 12.2 Å².